The summed E-state index contributed by atoms with van der Waals surface area (Å²) in [5.74, 6) is 0. The molecule has 138 valence electrons. The van der Waals surface area contributed by atoms with Crippen molar-refractivity contribution in [2.45, 2.75) is 26.2 Å². The monoisotopic (exact) mass is 427 g/mol. The lowest BCUT2D eigenvalue weighted by molar-refractivity contribution is 0.591. The van der Waals surface area contributed by atoms with Gasteiger partial charge in [-0.25, -0.2) is 0 Å². The molecule has 4 aromatic carbocycles. The van der Waals surface area contributed by atoms with E-state index in [1.165, 1.54) is 43.8 Å². The zero-order valence-corrected chi connectivity index (χ0v) is 17.9. The Kier molecular flexibility index (Phi) is 3.89. The van der Waals surface area contributed by atoms with Gasteiger partial charge >= 0.3 is 0 Å². The van der Waals surface area contributed by atoms with E-state index in [2.05, 4.69) is 120 Å². The summed E-state index contributed by atoms with van der Waals surface area (Å²) in [4.78, 5) is 0. The number of fused-ring (bicyclic) bond motifs is 4. The first kappa shape index (κ1) is 17.5. The Morgan fingerprint density at radius 1 is 0.679 bits per heavy atom. The average Bonchev–Trinajstić information content (AvgIpc) is 3.00. The van der Waals surface area contributed by atoms with E-state index in [9.17, 15) is 0 Å². The van der Waals surface area contributed by atoms with Gasteiger partial charge in [-0.15, -0.1) is 0 Å². The van der Waals surface area contributed by atoms with Crippen molar-refractivity contribution in [2.24, 2.45) is 0 Å². The Morgan fingerprint density at radius 3 is 2.14 bits per heavy atom. The summed E-state index contributed by atoms with van der Waals surface area (Å²) < 4.78 is 3.52. The normalized spacial score (nSPS) is 12.3. The van der Waals surface area contributed by atoms with E-state index < -0.39 is 0 Å². The van der Waals surface area contributed by atoms with Crippen LogP contribution in [0.3, 0.4) is 0 Å². The van der Waals surface area contributed by atoms with Crippen LogP contribution in [0.25, 0.3) is 38.3 Å². The summed E-state index contributed by atoms with van der Waals surface area (Å²) in [6, 6.07) is 28.7. The lowest BCUT2D eigenvalue weighted by atomic mass is 9.86. The molecule has 0 spiro atoms. The summed E-state index contributed by atoms with van der Waals surface area (Å²) in [6.45, 7) is 6.82. The van der Waals surface area contributed by atoms with Crippen LogP contribution in [0.4, 0.5) is 0 Å². The summed E-state index contributed by atoms with van der Waals surface area (Å²) in [5.41, 5.74) is 5.19. The Balaban J connectivity index is 1.95. The molecule has 0 aliphatic heterocycles. The van der Waals surface area contributed by atoms with Crippen molar-refractivity contribution in [3.05, 3.63) is 88.9 Å². The van der Waals surface area contributed by atoms with E-state index in [1.54, 1.807) is 0 Å². The van der Waals surface area contributed by atoms with Crippen LogP contribution in [0.15, 0.2) is 83.3 Å². The first-order chi connectivity index (χ1) is 13.4. The first-order valence-corrected chi connectivity index (χ1v) is 10.5. The smallest absolute Gasteiger partial charge is 0.0542 e. The maximum atomic E-state index is 3.67. The van der Waals surface area contributed by atoms with Crippen LogP contribution in [0.2, 0.25) is 0 Å². The lowest BCUT2D eigenvalue weighted by Gasteiger charge is -2.19. The molecule has 0 N–H and O–H groups in total. The quantitative estimate of drug-likeness (QED) is 0.255. The van der Waals surface area contributed by atoms with Crippen LogP contribution in [0.5, 0.6) is 0 Å². The summed E-state index contributed by atoms with van der Waals surface area (Å²) in [5, 5.41) is 5.12. The molecule has 0 bridgehead atoms. The van der Waals surface area contributed by atoms with Gasteiger partial charge in [-0.3, -0.25) is 0 Å². The van der Waals surface area contributed by atoms with Gasteiger partial charge in [0, 0.05) is 20.6 Å². The van der Waals surface area contributed by atoms with Gasteiger partial charge in [0.25, 0.3) is 0 Å². The molecule has 5 rings (SSSR count). The van der Waals surface area contributed by atoms with Crippen molar-refractivity contribution in [3.63, 3.8) is 0 Å². The molecule has 0 aliphatic carbocycles. The number of hydrogen-bond donors (Lipinski definition) is 0. The van der Waals surface area contributed by atoms with Crippen molar-refractivity contribution in [3.8, 4) is 5.69 Å². The van der Waals surface area contributed by atoms with Gasteiger partial charge in [0.05, 0.1) is 16.7 Å². The number of aromatic nitrogens is 1. The first-order valence-electron chi connectivity index (χ1n) is 9.66. The predicted octanol–water partition coefficient (Wildman–Crippen LogP) is 8.00. The molecule has 0 saturated carbocycles. The SMILES string of the molecule is CC(C)(C)c1ccc2c(c1)c1cc(Br)ccc1n2-c1cccc2ccccc12. The minimum Gasteiger partial charge on any atom is -0.309 e. The van der Waals surface area contributed by atoms with E-state index in [0.29, 0.717) is 0 Å². The maximum Gasteiger partial charge on any atom is 0.0542 e. The largest absolute Gasteiger partial charge is 0.309 e. The highest BCUT2D eigenvalue weighted by atomic mass is 79.9. The molecule has 0 amide bonds. The molecule has 0 radical (unpaired) electrons. The fraction of sp³-hybridized carbons (Fsp3) is 0.154. The third-order valence-electron chi connectivity index (χ3n) is 5.60. The standard InChI is InChI=1S/C26H22BrN/c1-26(2,3)18-11-13-24-21(15-18)22-16-19(27)12-14-25(22)28(24)23-10-6-8-17-7-4-5-9-20(17)23/h4-16H,1-3H3. The van der Waals surface area contributed by atoms with E-state index in [4.69, 9.17) is 0 Å². The van der Waals surface area contributed by atoms with Crippen LogP contribution >= 0.6 is 15.9 Å². The number of halogens is 1. The second-order valence-corrected chi connectivity index (χ2v) is 9.39. The van der Waals surface area contributed by atoms with E-state index in [0.717, 1.165) is 4.47 Å². The summed E-state index contributed by atoms with van der Waals surface area (Å²) in [7, 11) is 0. The van der Waals surface area contributed by atoms with Gasteiger partial charge in [0.2, 0.25) is 0 Å². The molecule has 1 aromatic heterocycles. The molecule has 0 unspecified atom stereocenters. The van der Waals surface area contributed by atoms with Crippen molar-refractivity contribution in [2.75, 3.05) is 0 Å². The van der Waals surface area contributed by atoms with Gasteiger partial charge in [-0.05, 0) is 52.8 Å². The van der Waals surface area contributed by atoms with E-state index >= 15 is 0 Å². The molecular weight excluding hydrogens is 406 g/mol. The minimum absolute atomic E-state index is 0.119. The zero-order chi connectivity index (χ0) is 19.5. The summed E-state index contributed by atoms with van der Waals surface area (Å²) >= 11 is 3.67. The Bertz CT molecular complexity index is 1350. The Labute approximate surface area is 173 Å². The highest BCUT2D eigenvalue weighted by Crippen LogP contribution is 2.37. The number of hydrogen-bond acceptors (Lipinski definition) is 0. The third-order valence-corrected chi connectivity index (χ3v) is 6.09. The fourth-order valence-corrected chi connectivity index (χ4v) is 4.49. The average molecular weight is 428 g/mol. The van der Waals surface area contributed by atoms with E-state index in [-0.39, 0.29) is 5.41 Å². The Morgan fingerprint density at radius 2 is 1.36 bits per heavy atom. The molecular formula is C26H22BrN. The second kappa shape index (κ2) is 6.22. The molecule has 0 saturated heterocycles. The molecule has 0 aliphatic rings. The number of benzene rings is 4. The van der Waals surface area contributed by atoms with Gasteiger partial charge < -0.3 is 4.57 Å². The molecule has 1 heterocycles. The minimum atomic E-state index is 0.119. The molecule has 2 heteroatoms. The van der Waals surface area contributed by atoms with Crippen molar-refractivity contribution < 1.29 is 0 Å². The van der Waals surface area contributed by atoms with Crippen LogP contribution in [-0.4, -0.2) is 4.57 Å². The van der Waals surface area contributed by atoms with Gasteiger partial charge in [0.1, 0.15) is 0 Å². The van der Waals surface area contributed by atoms with Gasteiger partial charge in [0.15, 0.2) is 0 Å². The Hall–Kier alpha value is -2.58. The fourth-order valence-electron chi connectivity index (χ4n) is 4.12. The number of rotatable bonds is 1. The highest BCUT2D eigenvalue weighted by molar-refractivity contribution is 9.10. The van der Waals surface area contributed by atoms with E-state index in [1.807, 2.05) is 0 Å². The van der Waals surface area contributed by atoms with Crippen LogP contribution in [-0.2, 0) is 5.41 Å². The second-order valence-electron chi connectivity index (χ2n) is 8.48. The molecule has 28 heavy (non-hydrogen) atoms. The van der Waals surface area contributed by atoms with Gasteiger partial charge in [-0.2, -0.15) is 0 Å². The maximum absolute atomic E-state index is 3.67. The zero-order valence-electron chi connectivity index (χ0n) is 16.3. The molecule has 1 nitrogen and oxygen atoms in total. The van der Waals surface area contributed by atoms with Crippen molar-refractivity contribution >= 4 is 48.5 Å². The van der Waals surface area contributed by atoms with Crippen molar-refractivity contribution in [1.82, 2.24) is 4.57 Å². The topological polar surface area (TPSA) is 4.93 Å². The summed E-state index contributed by atoms with van der Waals surface area (Å²) in [6.07, 6.45) is 0. The van der Waals surface area contributed by atoms with Crippen LogP contribution < -0.4 is 0 Å². The highest BCUT2D eigenvalue weighted by Gasteiger charge is 2.18. The molecule has 0 atom stereocenters. The molecule has 0 fully saturated rings. The predicted molar refractivity (Wildman–Crippen MR) is 125 cm³/mol. The van der Waals surface area contributed by atoms with Crippen LogP contribution in [0, 0.1) is 0 Å². The van der Waals surface area contributed by atoms with Gasteiger partial charge in [-0.1, -0.05) is 79.2 Å². The lowest BCUT2D eigenvalue weighted by Crippen LogP contribution is -2.10. The van der Waals surface area contributed by atoms with Crippen molar-refractivity contribution in [1.29, 1.82) is 0 Å². The number of nitrogens with zero attached hydrogens (tertiary/aromatic N) is 1. The third kappa shape index (κ3) is 2.67. The molecule has 5 aromatic rings. The van der Waals surface area contributed by atoms with Crippen LogP contribution in [0.1, 0.15) is 26.3 Å².